The molecule has 10 aromatic rings. The lowest BCUT2D eigenvalue weighted by atomic mass is 9.42. The van der Waals surface area contributed by atoms with Crippen molar-refractivity contribution in [1.82, 2.24) is 0 Å². The molecule has 9 aromatic carbocycles. The van der Waals surface area contributed by atoms with Crippen molar-refractivity contribution in [2.24, 2.45) is 0 Å². The number of hydrogen-bond donors (Lipinski definition) is 0. The molecule has 1 aliphatic carbocycles. The van der Waals surface area contributed by atoms with Gasteiger partial charge in [0.2, 0.25) is 0 Å². The molecule has 0 saturated heterocycles. The van der Waals surface area contributed by atoms with Crippen LogP contribution in [0.4, 0.5) is 28.4 Å². The zero-order chi connectivity index (χ0) is 41.2. The van der Waals surface area contributed by atoms with Gasteiger partial charge in [-0.25, -0.2) is 0 Å². The molecule has 0 unspecified atom stereocenters. The van der Waals surface area contributed by atoms with E-state index in [2.05, 4.69) is 213 Å². The minimum Gasteiger partial charge on any atom is -0.375 e. The van der Waals surface area contributed by atoms with Gasteiger partial charge in [-0.05, 0) is 108 Å². The van der Waals surface area contributed by atoms with Crippen LogP contribution in [0.5, 0.6) is 0 Å². The second-order valence-corrected chi connectivity index (χ2v) is 19.9. The molecule has 4 heteroatoms. The van der Waals surface area contributed by atoms with E-state index in [0.717, 1.165) is 0 Å². The van der Waals surface area contributed by atoms with E-state index in [1.165, 1.54) is 126 Å². The van der Waals surface area contributed by atoms with Gasteiger partial charge in [0.1, 0.15) is 0 Å². The lowest BCUT2D eigenvalue weighted by molar-refractivity contribution is 0.633. The molecule has 1 aromatic heterocycles. The average Bonchev–Trinajstić information content (AvgIpc) is 3.80. The maximum Gasteiger partial charge on any atom is 0.333 e. The maximum absolute atomic E-state index is 2.75. The first-order valence-electron chi connectivity index (χ1n) is 22.0. The number of benzene rings is 9. The maximum atomic E-state index is 2.75. The van der Waals surface area contributed by atoms with Crippen molar-refractivity contribution in [3.05, 3.63) is 198 Å². The Morgan fingerprint density at radius 2 is 1.16 bits per heavy atom. The van der Waals surface area contributed by atoms with Crippen LogP contribution < -0.4 is 20.6 Å². The summed E-state index contributed by atoms with van der Waals surface area (Å²) < 4.78 is 2.65. The first-order chi connectivity index (χ1) is 30.3. The molecule has 4 aliphatic rings. The first-order valence-corrected chi connectivity index (χ1v) is 22.8. The summed E-state index contributed by atoms with van der Waals surface area (Å²) in [6.45, 7) is 9.66. The molecular formula is C58H41BN2S. The SMILES string of the molecule is CC1(C)c2ccccc2-c2c1cc1c3c2-c2ccc(-c4ccccc4)cc2N(c2cccc4c2sc2ccccc24)B3c2cccc3c2N1c1cc2ccccc2cc1C3(C)C. The average molecular weight is 809 g/mol. The molecule has 2 nitrogen and oxygen atoms in total. The summed E-state index contributed by atoms with van der Waals surface area (Å²) in [5, 5.41) is 5.19. The Labute approximate surface area is 366 Å². The van der Waals surface area contributed by atoms with Crippen LogP contribution >= 0.6 is 11.3 Å². The predicted octanol–water partition coefficient (Wildman–Crippen LogP) is 14.5. The molecule has 62 heavy (non-hydrogen) atoms. The zero-order valence-corrected chi connectivity index (χ0v) is 35.9. The molecule has 14 rings (SSSR count). The Bertz CT molecular complexity index is 3620. The van der Waals surface area contributed by atoms with Gasteiger partial charge in [-0.1, -0.05) is 167 Å². The molecule has 4 heterocycles. The Balaban J connectivity index is 1.18. The van der Waals surface area contributed by atoms with Gasteiger partial charge in [0.25, 0.3) is 0 Å². The largest absolute Gasteiger partial charge is 0.375 e. The highest BCUT2D eigenvalue weighted by molar-refractivity contribution is 7.26. The quantitative estimate of drug-likeness (QED) is 0.161. The topological polar surface area (TPSA) is 6.48 Å². The van der Waals surface area contributed by atoms with Gasteiger partial charge < -0.3 is 9.71 Å². The molecule has 0 atom stereocenters. The lowest BCUT2D eigenvalue weighted by Gasteiger charge is -2.51. The number of nitrogens with zero attached hydrogens (tertiary/aromatic N) is 2. The van der Waals surface area contributed by atoms with Crippen molar-refractivity contribution in [1.29, 1.82) is 0 Å². The van der Waals surface area contributed by atoms with Gasteiger partial charge in [-0.15, -0.1) is 11.3 Å². The third-order valence-corrected chi connectivity index (χ3v) is 16.2. The van der Waals surface area contributed by atoms with Crippen LogP contribution in [-0.4, -0.2) is 6.85 Å². The highest BCUT2D eigenvalue weighted by atomic mass is 32.1. The molecular weight excluding hydrogens is 768 g/mol. The summed E-state index contributed by atoms with van der Waals surface area (Å²) in [5.74, 6) is 0. The Morgan fingerprint density at radius 1 is 0.452 bits per heavy atom. The lowest BCUT2D eigenvalue weighted by Crippen LogP contribution is -2.62. The first kappa shape index (κ1) is 34.8. The van der Waals surface area contributed by atoms with Gasteiger partial charge >= 0.3 is 6.85 Å². The number of fused-ring (bicyclic) bond motifs is 14. The molecule has 0 spiro atoms. The van der Waals surface area contributed by atoms with Crippen molar-refractivity contribution in [3.8, 4) is 33.4 Å². The predicted molar refractivity (Wildman–Crippen MR) is 266 cm³/mol. The van der Waals surface area contributed by atoms with Gasteiger partial charge in [0.15, 0.2) is 0 Å². The van der Waals surface area contributed by atoms with Crippen LogP contribution in [0.1, 0.15) is 49.9 Å². The Kier molecular flexibility index (Phi) is 6.70. The summed E-state index contributed by atoms with van der Waals surface area (Å²) in [7, 11) is 0. The summed E-state index contributed by atoms with van der Waals surface area (Å²) in [6, 6.07) is 67.0. The van der Waals surface area contributed by atoms with E-state index in [1.54, 1.807) is 0 Å². The van der Waals surface area contributed by atoms with E-state index in [0.29, 0.717) is 0 Å². The van der Waals surface area contributed by atoms with E-state index >= 15 is 0 Å². The smallest absolute Gasteiger partial charge is 0.333 e. The number of rotatable bonds is 2. The molecule has 0 N–H and O–H groups in total. The summed E-state index contributed by atoms with van der Waals surface area (Å²) >= 11 is 1.92. The highest BCUT2D eigenvalue weighted by Gasteiger charge is 2.52. The van der Waals surface area contributed by atoms with Gasteiger partial charge in [-0.2, -0.15) is 0 Å². The summed E-state index contributed by atoms with van der Waals surface area (Å²) in [6.07, 6.45) is 0. The third kappa shape index (κ3) is 4.30. The number of para-hydroxylation sites is 1. The fraction of sp³-hybridized carbons (Fsp3) is 0.103. The minimum absolute atomic E-state index is 0.0977. The summed E-state index contributed by atoms with van der Waals surface area (Å²) in [5.41, 5.74) is 22.1. The van der Waals surface area contributed by atoms with Crippen molar-refractivity contribution in [2.45, 2.75) is 38.5 Å². The molecule has 0 bridgehead atoms. The molecule has 3 aliphatic heterocycles. The molecule has 292 valence electrons. The van der Waals surface area contributed by atoms with Crippen LogP contribution in [0.25, 0.3) is 64.3 Å². The number of thiophene rings is 1. The third-order valence-electron chi connectivity index (χ3n) is 15.0. The standard InChI is InChI=1S/C58H41BN2S/c1-57(2)42-23-12-10-21-40(42)52-45(57)33-50-54-53(52)41-29-28-37(34-16-6-5-7-17-34)31-48(41)61(47-26-14-22-39-38-20-11-13-27-51(38)62-56(39)47)59(54)46-25-15-24-43-55(46)60(50)49-32-36-19-9-8-18-35(36)30-44(49)58(43,3)4/h5-33H,1-4H3. The highest BCUT2D eigenvalue weighted by Crippen LogP contribution is 2.61. The van der Waals surface area contributed by atoms with Crippen LogP contribution in [0.3, 0.4) is 0 Å². The van der Waals surface area contributed by atoms with Crippen molar-refractivity contribution >= 4 is 88.5 Å². The normalized spacial score (nSPS) is 15.6. The second kappa shape index (κ2) is 11.9. The minimum atomic E-state index is -0.239. The molecule has 0 radical (unpaired) electrons. The fourth-order valence-corrected chi connectivity index (χ4v) is 13.3. The van der Waals surface area contributed by atoms with Crippen LogP contribution in [0, 0.1) is 0 Å². The van der Waals surface area contributed by atoms with Crippen molar-refractivity contribution in [2.75, 3.05) is 9.71 Å². The Hall–Kier alpha value is -6.88. The van der Waals surface area contributed by atoms with E-state index < -0.39 is 0 Å². The number of hydrogen-bond acceptors (Lipinski definition) is 3. The van der Waals surface area contributed by atoms with Gasteiger partial charge in [0.05, 0.1) is 10.4 Å². The fourth-order valence-electron chi connectivity index (χ4n) is 12.1. The Morgan fingerprint density at radius 3 is 2.03 bits per heavy atom. The monoisotopic (exact) mass is 808 g/mol. The summed E-state index contributed by atoms with van der Waals surface area (Å²) in [4.78, 5) is 5.44. The second-order valence-electron chi connectivity index (χ2n) is 18.8. The molecule has 0 fully saturated rings. The van der Waals surface area contributed by atoms with Gasteiger partial charge in [0, 0.05) is 54.6 Å². The van der Waals surface area contributed by atoms with Crippen LogP contribution in [-0.2, 0) is 10.8 Å². The molecule has 0 saturated carbocycles. The van der Waals surface area contributed by atoms with E-state index in [9.17, 15) is 0 Å². The van der Waals surface area contributed by atoms with Crippen LogP contribution in [0.15, 0.2) is 176 Å². The van der Waals surface area contributed by atoms with Crippen molar-refractivity contribution < 1.29 is 0 Å². The molecule has 0 amide bonds. The van der Waals surface area contributed by atoms with Crippen LogP contribution in [0.2, 0.25) is 0 Å². The zero-order valence-electron chi connectivity index (χ0n) is 35.1. The van der Waals surface area contributed by atoms with Crippen molar-refractivity contribution in [3.63, 3.8) is 0 Å². The van der Waals surface area contributed by atoms with E-state index in [1.807, 2.05) is 11.3 Å². The number of anilines is 5. The van der Waals surface area contributed by atoms with E-state index in [4.69, 9.17) is 0 Å². The van der Waals surface area contributed by atoms with Gasteiger partial charge in [-0.3, -0.25) is 0 Å². The van der Waals surface area contributed by atoms with E-state index in [-0.39, 0.29) is 17.7 Å².